The van der Waals surface area contributed by atoms with Crippen molar-refractivity contribution in [2.24, 2.45) is 0 Å². The number of β-amino-alcohol motifs (C(OH)–C–C–N with tert-alkyl or cyclic N) is 1. The van der Waals surface area contributed by atoms with Gasteiger partial charge >= 0.3 is 0 Å². The first-order valence-electron chi connectivity index (χ1n) is 11.5. The molecule has 152 valence electrons. The highest BCUT2D eigenvalue weighted by Crippen LogP contribution is 2.42. The zero-order valence-electron chi connectivity index (χ0n) is 17.4. The molecule has 1 saturated heterocycles. The van der Waals surface area contributed by atoms with Crippen molar-refractivity contribution in [3.05, 3.63) is 35.0 Å². The lowest BCUT2D eigenvalue weighted by Crippen LogP contribution is -2.46. The largest absolute Gasteiger partial charge is 0.390 e. The van der Waals surface area contributed by atoms with Crippen LogP contribution in [0.1, 0.15) is 61.4 Å². The average molecular weight is 382 g/mol. The third kappa shape index (κ3) is 3.40. The Hall–Kier alpha value is -1.36. The first kappa shape index (κ1) is 18.7. The van der Waals surface area contributed by atoms with E-state index >= 15 is 0 Å². The van der Waals surface area contributed by atoms with Gasteiger partial charge in [0.25, 0.3) is 0 Å². The van der Waals surface area contributed by atoms with Gasteiger partial charge in [-0.1, -0.05) is 24.5 Å². The van der Waals surface area contributed by atoms with Crippen LogP contribution in [0.2, 0.25) is 0 Å². The molecule has 1 fully saturated rings. The van der Waals surface area contributed by atoms with Crippen LogP contribution in [0.15, 0.2) is 18.2 Å². The number of fused-ring (bicyclic) bond motifs is 3. The molecule has 0 amide bonds. The molecule has 0 spiro atoms. The molecule has 1 N–H and O–H groups in total. The van der Waals surface area contributed by atoms with E-state index in [1.165, 1.54) is 61.4 Å². The molecule has 2 aliphatic heterocycles. The van der Waals surface area contributed by atoms with Gasteiger partial charge in [-0.05, 0) is 69.8 Å². The van der Waals surface area contributed by atoms with E-state index in [-0.39, 0.29) is 6.10 Å². The highest BCUT2D eigenvalue weighted by molar-refractivity contribution is 5.87. The van der Waals surface area contributed by atoms with E-state index in [0.29, 0.717) is 6.04 Å². The first-order valence-corrected chi connectivity index (χ1v) is 11.5. The Kier molecular flexibility index (Phi) is 5.20. The van der Waals surface area contributed by atoms with E-state index in [1.807, 2.05) is 0 Å². The molecular formula is C24H35N3O. The van der Waals surface area contributed by atoms with Crippen LogP contribution in [0, 0.1) is 6.92 Å². The van der Waals surface area contributed by atoms with Gasteiger partial charge in [-0.15, -0.1) is 0 Å². The third-order valence-electron chi connectivity index (χ3n) is 7.25. The topological polar surface area (TPSA) is 31.6 Å². The first-order chi connectivity index (χ1) is 13.7. The molecule has 2 atom stereocenters. The van der Waals surface area contributed by atoms with Gasteiger partial charge in [0.15, 0.2) is 0 Å². The van der Waals surface area contributed by atoms with Gasteiger partial charge < -0.3 is 14.6 Å². The monoisotopic (exact) mass is 381 g/mol. The van der Waals surface area contributed by atoms with Gasteiger partial charge in [0.05, 0.1) is 12.1 Å². The molecule has 4 nitrogen and oxygen atoms in total. The van der Waals surface area contributed by atoms with Crippen LogP contribution in [-0.4, -0.2) is 58.3 Å². The Morgan fingerprint density at radius 2 is 1.82 bits per heavy atom. The molecule has 4 heteroatoms. The summed E-state index contributed by atoms with van der Waals surface area (Å²) in [5, 5.41) is 12.4. The minimum atomic E-state index is -0.235. The molecule has 2 aromatic rings. The van der Waals surface area contributed by atoms with Crippen molar-refractivity contribution in [3.8, 4) is 0 Å². The molecular weight excluding hydrogens is 346 g/mol. The van der Waals surface area contributed by atoms with Crippen LogP contribution in [-0.2, 0) is 13.0 Å². The Morgan fingerprint density at radius 1 is 1.00 bits per heavy atom. The normalized spacial score (nSPS) is 24.9. The van der Waals surface area contributed by atoms with E-state index in [1.54, 1.807) is 11.3 Å². The van der Waals surface area contributed by atoms with E-state index in [0.717, 1.165) is 39.3 Å². The van der Waals surface area contributed by atoms with Crippen LogP contribution in [0.3, 0.4) is 0 Å². The Labute approximate surface area is 169 Å². The molecule has 0 unspecified atom stereocenters. The van der Waals surface area contributed by atoms with Crippen LogP contribution in [0.4, 0.5) is 0 Å². The fraction of sp³-hybridized carbons (Fsp3) is 0.667. The smallest absolute Gasteiger partial charge is 0.0794 e. The molecule has 5 rings (SSSR count). The molecule has 28 heavy (non-hydrogen) atoms. The zero-order chi connectivity index (χ0) is 19.1. The van der Waals surface area contributed by atoms with Gasteiger partial charge in [-0.3, -0.25) is 4.90 Å². The summed E-state index contributed by atoms with van der Waals surface area (Å²) in [5.74, 6) is 0. The summed E-state index contributed by atoms with van der Waals surface area (Å²) in [6.45, 7) is 8.32. The minimum Gasteiger partial charge on any atom is -0.390 e. The standard InChI is InChI=1S/C24H35N3O/c1-18-9-10-22-21(15-18)20-7-6-8-23-24(20)27(22)14-13-26(23)17-19(28)16-25-11-4-2-3-5-12-25/h9-10,15,19,23,28H,2-8,11-14,16-17H2,1H3/t19-,23+/m1/s1. The second-order valence-corrected chi connectivity index (χ2v) is 9.31. The van der Waals surface area contributed by atoms with E-state index in [9.17, 15) is 5.11 Å². The SMILES string of the molecule is Cc1ccc2c(c1)c1c3n2CCN(C[C@H](O)CN2CCCCCC2)[C@H]3CCC1. The van der Waals surface area contributed by atoms with Gasteiger partial charge in [0.1, 0.15) is 0 Å². The molecule has 1 aromatic carbocycles. The number of rotatable bonds is 4. The van der Waals surface area contributed by atoms with Crippen molar-refractivity contribution >= 4 is 10.9 Å². The summed E-state index contributed by atoms with van der Waals surface area (Å²) in [5.41, 5.74) is 5.92. The predicted octanol–water partition coefficient (Wildman–Crippen LogP) is 3.88. The van der Waals surface area contributed by atoms with E-state index < -0.39 is 0 Å². The number of aryl methyl sites for hydroxylation is 2. The summed E-state index contributed by atoms with van der Waals surface area (Å²) < 4.78 is 2.59. The van der Waals surface area contributed by atoms with Crippen LogP contribution in [0.25, 0.3) is 10.9 Å². The van der Waals surface area contributed by atoms with Crippen molar-refractivity contribution in [1.29, 1.82) is 0 Å². The number of aliphatic hydroxyl groups excluding tert-OH is 1. The van der Waals surface area contributed by atoms with E-state index in [2.05, 4.69) is 39.5 Å². The van der Waals surface area contributed by atoms with Gasteiger partial charge in [0, 0.05) is 42.8 Å². The van der Waals surface area contributed by atoms with E-state index in [4.69, 9.17) is 0 Å². The fourth-order valence-electron chi connectivity index (χ4n) is 5.95. The summed E-state index contributed by atoms with van der Waals surface area (Å²) in [6, 6.07) is 7.45. The van der Waals surface area contributed by atoms with Gasteiger partial charge in [0.2, 0.25) is 0 Å². The zero-order valence-corrected chi connectivity index (χ0v) is 17.4. The molecule has 3 aliphatic rings. The van der Waals surface area contributed by atoms with Crippen molar-refractivity contribution in [2.45, 2.75) is 70.6 Å². The molecule has 3 heterocycles. The third-order valence-corrected chi connectivity index (χ3v) is 7.25. The number of aliphatic hydroxyl groups is 1. The molecule has 0 bridgehead atoms. The quantitative estimate of drug-likeness (QED) is 0.872. The summed E-state index contributed by atoms with van der Waals surface area (Å²) in [6.07, 6.45) is 8.78. The van der Waals surface area contributed by atoms with Gasteiger partial charge in [-0.2, -0.15) is 0 Å². The maximum atomic E-state index is 10.9. The predicted molar refractivity (Wildman–Crippen MR) is 115 cm³/mol. The summed E-state index contributed by atoms with van der Waals surface area (Å²) >= 11 is 0. The number of hydrogen-bond acceptors (Lipinski definition) is 3. The summed E-state index contributed by atoms with van der Waals surface area (Å²) in [4.78, 5) is 5.08. The van der Waals surface area contributed by atoms with Crippen molar-refractivity contribution in [1.82, 2.24) is 14.4 Å². The Balaban J connectivity index is 1.35. The molecule has 1 aromatic heterocycles. The number of likely N-dealkylation sites (tertiary alicyclic amines) is 1. The Bertz CT molecular complexity index is 834. The second-order valence-electron chi connectivity index (χ2n) is 9.31. The van der Waals surface area contributed by atoms with Gasteiger partial charge in [-0.25, -0.2) is 0 Å². The lowest BCUT2D eigenvalue weighted by Gasteiger charge is -2.41. The highest BCUT2D eigenvalue weighted by Gasteiger charge is 2.35. The lowest BCUT2D eigenvalue weighted by atomic mass is 9.89. The van der Waals surface area contributed by atoms with Crippen LogP contribution >= 0.6 is 0 Å². The number of hydrogen-bond donors (Lipinski definition) is 1. The maximum Gasteiger partial charge on any atom is 0.0794 e. The molecule has 0 radical (unpaired) electrons. The highest BCUT2D eigenvalue weighted by atomic mass is 16.3. The molecule has 1 aliphatic carbocycles. The summed E-state index contributed by atoms with van der Waals surface area (Å²) in [7, 11) is 0. The van der Waals surface area contributed by atoms with Crippen molar-refractivity contribution < 1.29 is 5.11 Å². The number of benzene rings is 1. The molecule has 0 saturated carbocycles. The van der Waals surface area contributed by atoms with Crippen LogP contribution < -0.4 is 0 Å². The number of nitrogens with zero attached hydrogens (tertiary/aromatic N) is 3. The minimum absolute atomic E-state index is 0.235. The lowest BCUT2D eigenvalue weighted by molar-refractivity contribution is 0.0426. The Morgan fingerprint density at radius 3 is 2.64 bits per heavy atom. The number of aromatic nitrogens is 1. The van der Waals surface area contributed by atoms with Crippen LogP contribution in [0.5, 0.6) is 0 Å². The average Bonchev–Trinajstić information content (AvgIpc) is 2.83. The second kappa shape index (κ2) is 7.81. The maximum absolute atomic E-state index is 10.9. The van der Waals surface area contributed by atoms with Crippen molar-refractivity contribution in [2.75, 3.05) is 32.7 Å². The fourth-order valence-corrected chi connectivity index (χ4v) is 5.95. The van der Waals surface area contributed by atoms with Crippen molar-refractivity contribution in [3.63, 3.8) is 0 Å².